The van der Waals surface area contributed by atoms with E-state index in [0.29, 0.717) is 12.7 Å². The average molecular weight is 419 g/mol. The molecule has 0 unspecified atom stereocenters. The molecule has 1 N–H and O–H groups in total. The summed E-state index contributed by atoms with van der Waals surface area (Å²) in [5.41, 5.74) is 0.803. The molecule has 1 aromatic rings. The van der Waals surface area contributed by atoms with Gasteiger partial charge in [-0.1, -0.05) is 29.8 Å². The van der Waals surface area contributed by atoms with Gasteiger partial charge in [-0.25, -0.2) is 4.79 Å². The Hall–Kier alpha value is -1.57. The quantitative estimate of drug-likeness (QED) is 0.626. The number of carbonyl (C=O) groups is 1. The van der Waals surface area contributed by atoms with Crippen LogP contribution >= 0.6 is 0 Å². The van der Waals surface area contributed by atoms with E-state index >= 15 is 0 Å². The number of amides is 1. The molecule has 2 rings (SSSR count). The lowest BCUT2D eigenvalue weighted by Gasteiger charge is -2.32. The Labute approximate surface area is 182 Å². The van der Waals surface area contributed by atoms with Gasteiger partial charge in [-0.05, 0) is 73.7 Å². The molecule has 1 heterocycles. The lowest BCUT2D eigenvalue weighted by Crippen LogP contribution is -2.41. The molecule has 1 saturated heterocycles. The summed E-state index contributed by atoms with van der Waals surface area (Å²) < 4.78 is 23.5. The molecular formula is C23H38BNO5. The van der Waals surface area contributed by atoms with Crippen LogP contribution in [0.4, 0.5) is 4.79 Å². The fourth-order valence-corrected chi connectivity index (χ4v) is 3.40. The Morgan fingerprint density at radius 2 is 1.63 bits per heavy atom. The van der Waals surface area contributed by atoms with Crippen molar-refractivity contribution >= 4 is 13.2 Å². The Morgan fingerprint density at radius 1 is 1.10 bits per heavy atom. The van der Waals surface area contributed by atoms with Crippen molar-refractivity contribution in [3.05, 3.63) is 35.4 Å². The average Bonchev–Trinajstić information content (AvgIpc) is 2.80. The maximum Gasteiger partial charge on any atom is 0.457 e. The molecule has 2 atom stereocenters. The van der Waals surface area contributed by atoms with Gasteiger partial charge in [0.25, 0.3) is 0 Å². The standard InChI is InChI=1S/C23H38BNO5/c1-16-10-12-17(13-11-16)19(25-20(26)28-21(2,3)4)18(27-9)14-15-24-29-22(5,6)23(7,8)30-24/h10-13,18-19H,14-15H2,1-9H3,(H,25,26)/t18-,19-/m1/s1. The third-order valence-electron chi connectivity index (χ3n) is 5.77. The lowest BCUT2D eigenvalue weighted by molar-refractivity contribution is 0.00578. The predicted octanol–water partition coefficient (Wildman–Crippen LogP) is 5.06. The number of hydrogen-bond acceptors (Lipinski definition) is 5. The van der Waals surface area contributed by atoms with Crippen molar-refractivity contribution in [2.45, 2.75) is 97.1 Å². The van der Waals surface area contributed by atoms with E-state index in [0.717, 1.165) is 11.1 Å². The molecule has 30 heavy (non-hydrogen) atoms. The molecular weight excluding hydrogens is 381 g/mol. The van der Waals surface area contributed by atoms with E-state index in [1.54, 1.807) is 7.11 Å². The summed E-state index contributed by atoms with van der Waals surface area (Å²) >= 11 is 0. The van der Waals surface area contributed by atoms with Crippen LogP contribution in [0.2, 0.25) is 6.32 Å². The minimum atomic E-state index is -0.576. The summed E-state index contributed by atoms with van der Waals surface area (Å²) in [5.74, 6) is 0. The number of benzene rings is 1. The molecule has 7 heteroatoms. The molecule has 1 aromatic carbocycles. The van der Waals surface area contributed by atoms with Gasteiger partial charge in [0.05, 0.1) is 23.3 Å². The van der Waals surface area contributed by atoms with Crippen molar-refractivity contribution in [3.8, 4) is 0 Å². The number of ether oxygens (including phenoxy) is 2. The van der Waals surface area contributed by atoms with Crippen molar-refractivity contribution in [2.24, 2.45) is 0 Å². The van der Waals surface area contributed by atoms with Gasteiger partial charge < -0.3 is 24.1 Å². The van der Waals surface area contributed by atoms with Crippen LogP contribution in [0.1, 0.15) is 72.1 Å². The first-order valence-electron chi connectivity index (χ1n) is 10.7. The number of nitrogens with one attached hydrogen (secondary N) is 1. The molecule has 0 radical (unpaired) electrons. The van der Waals surface area contributed by atoms with Gasteiger partial charge in [-0.3, -0.25) is 0 Å². The summed E-state index contributed by atoms with van der Waals surface area (Å²) in [5, 5.41) is 3.00. The number of alkyl carbamates (subject to hydrolysis) is 1. The molecule has 6 nitrogen and oxygen atoms in total. The molecule has 0 aromatic heterocycles. The van der Waals surface area contributed by atoms with E-state index in [-0.39, 0.29) is 30.5 Å². The van der Waals surface area contributed by atoms with Gasteiger partial charge in [0.15, 0.2) is 0 Å². The summed E-state index contributed by atoms with van der Waals surface area (Å²) in [6.45, 7) is 15.7. The molecule has 1 aliphatic heterocycles. The van der Waals surface area contributed by atoms with Gasteiger partial charge in [-0.15, -0.1) is 0 Å². The summed E-state index contributed by atoms with van der Waals surface area (Å²) in [4.78, 5) is 12.5. The van der Waals surface area contributed by atoms with Gasteiger partial charge in [-0.2, -0.15) is 0 Å². The van der Waals surface area contributed by atoms with E-state index in [2.05, 4.69) is 5.32 Å². The van der Waals surface area contributed by atoms with Gasteiger partial charge in [0, 0.05) is 7.11 Å². The van der Waals surface area contributed by atoms with Gasteiger partial charge in [0.2, 0.25) is 0 Å². The smallest absolute Gasteiger partial charge is 0.444 e. The van der Waals surface area contributed by atoms with Gasteiger partial charge in [0.1, 0.15) is 5.60 Å². The summed E-state index contributed by atoms with van der Waals surface area (Å²) in [7, 11) is 1.35. The van der Waals surface area contributed by atoms with Gasteiger partial charge >= 0.3 is 13.2 Å². The number of carbonyl (C=O) groups excluding carboxylic acids is 1. The highest BCUT2D eigenvalue weighted by Crippen LogP contribution is 2.38. The largest absolute Gasteiger partial charge is 0.457 e. The van der Waals surface area contributed by atoms with Crippen molar-refractivity contribution in [2.75, 3.05) is 7.11 Å². The normalized spacial score (nSPS) is 20.0. The fraction of sp³-hybridized carbons (Fsp3) is 0.696. The van der Waals surface area contributed by atoms with Crippen LogP contribution in [-0.4, -0.2) is 43.2 Å². The van der Waals surface area contributed by atoms with Crippen LogP contribution in [-0.2, 0) is 18.8 Å². The maximum atomic E-state index is 12.5. The number of aryl methyl sites for hydroxylation is 1. The van der Waals surface area contributed by atoms with E-state index in [1.807, 2.05) is 79.7 Å². The first kappa shape index (κ1) is 24.7. The lowest BCUT2D eigenvalue weighted by atomic mass is 9.80. The van der Waals surface area contributed by atoms with E-state index in [9.17, 15) is 4.79 Å². The molecule has 0 saturated carbocycles. The molecule has 1 aliphatic rings. The van der Waals surface area contributed by atoms with Crippen LogP contribution < -0.4 is 5.32 Å². The Kier molecular flexibility index (Phi) is 7.65. The first-order chi connectivity index (χ1) is 13.7. The Balaban J connectivity index is 2.14. The minimum Gasteiger partial charge on any atom is -0.444 e. The van der Waals surface area contributed by atoms with Crippen LogP contribution in [0.5, 0.6) is 0 Å². The zero-order valence-electron chi connectivity index (χ0n) is 20.0. The highest BCUT2D eigenvalue weighted by Gasteiger charge is 2.50. The SMILES string of the molecule is CO[C@H](CCB1OC(C)(C)C(C)(C)O1)[C@H](NC(=O)OC(C)(C)C)c1ccc(C)cc1. The topological polar surface area (TPSA) is 66.0 Å². The predicted molar refractivity (Wildman–Crippen MR) is 120 cm³/mol. The zero-order valence-corrected chi connectivity index (χ0v) is 20.0. The molecule has 0 aliphatic carbocycles. The first-order valence-corrected chi connectivity index (χ1v) is 10.7. The van der Waals surface area contributed by atoms with Crippen LogP contribution in [0, 0.1) is 6.92 Å². The van der Waals surface area contributed by atoms with Crippen LogP contribution in [0.3, 0.4) is 0 Å². The molecule has 0 bridgehead atoms. The molecule has 168 valence electrons. The monoisotopic (exact) mass is 419 g/mol. The number of rotatable bonds is 7. The summed E-state index contributed by atoms with van der Waals surface area (Å²) in [6.07, 6.45) is 0.579. The highest BCUT2D eigenvalue weighted by atomic mass is 16.7. The van der Waals surface area contributed by atoms with Crippen molar-refractivity contribution in [3.63, 3.8) is 0 Å². The van der Waals surface area contributed by atoms with E-state index < -0.39 is 11.7 Å². The molecule has 1 amide bonds. The van der Waals surface area contributed by atoms with Crippen molar-refractivity contribution in [1.82, 2.24) is 5.32 Å². The second-order valence-electron chi connectivity index (χ2n) is 10.1. The second kappa shape index (κ2) is 9.29. The minimum absolute atomic E-state index is 0.265. The van der Waals surface area contributed by atoms with Crippen molar-refractivity contribution < 1.29 is 23.6 Å². The molecule has 0 spiro atoms. The highest BCUT2D eigenvalue weighted by molar-refractivity contribution is 6.45. The van der Waals surface area contributed by atoms with Crippen molar-refractivity contribution in [1.29, 1.82) is 0 Å². The maximum absolute atomic E-state index is 12.5. The number of methoxy groups -OCH3 is 1. The third-order valence-corrected chi connectivity index (χ3v) is 5.77. The third kappa shape index (κ3) is 6.46. The Bertz CT molecular complexity index is 695. The summed E-state index contributed by atoms with van der Waals surface area (Å²) in [6, 6.07) is 7.73. The molecule has 1 fully saturated rings. The van der Waals surface area contributed by atoms with E-state index in [1.165, 1.54) is 0 Å². The zero-order chi connectivity index (χ0) is 22.7. The van der Waals surface area contributed by atoms with Crippen LogP contribution in [0.25, 0.3) is 0 Å². The Morgan fingerprint density at radius 3 is 2.10 bits per heavy atom. The van der Waals surface area contributed by atoms with E-state index in [4.69, 9.17) is 18.8 Å². The van der Waals surface area contributed by atoms with Crippen LogP contribution in [0.15, 0.2) is 24.3 Å². The second-order valence-corrected chi connectivity index (χ2v) is 10.1. The number of hydrogen-bond donors (Lipinski definition) is 1. The fourth-order valence-electron chi connectivity index (χ4n) is 3.40.